The van der Waals surface area contributed by atoms with Gasteiger partial charge in [-0.3, -0.25) is 19.7 Å². The molecule has 92 valence electrons. The van der Waals surface area contributed by atoms with Crippen molar-refractivity contribution in [3.8, 4) is 0 Å². The fourth-order valence-corrected chi connectivity index (χ4v) is 2.78. The van der Waals surface area contributed by atoms with Crippen LogP contribution in [0.1, 0.15) is 34.7 Å². The minimum absolute atomic E-state index is 0.0856. The number of piperidine rings is 1. The van der Waals surface area contributed by atoms with Gasteiger partial charge in [-0.2, -0.15) is 0 Å². The predicted octanol–water partition coefficient (Wildman–Crippen LogP) is 0.601. The molecule has 0 spiro atoms. The molecule has 1 aliphatic heterocycles. The molecule has 5 nitrogen and oxygen atoms in total. The number of carbonyl (C=O) groups is 3. The number of anilines is 1. The van der Waals surface area contributed by atoms with E-state index in [0.29, 0.717) is 17.7 Å². The SMILES string of the molecule is Nc1cccc2c1C(=O)C2C1CCC(=O)NC1=O. The Morgan fingerprint density at radius 2 is 2.00 bits per heavy atom. The minimum Gasteiger partial charge on any atom is -0.398 e. The van der Waals surface area contributed by atoms with Crippen molar-refractivity contribution < 1.29 is 14.4 Å². The molecule has 2 atom stereocenters. The molecular formula is C13H12N2O3. The fraction of sp³-hybridized carbons (Fsp3) is 0.308. The fourth-order valence-electron chi connectivity index (χ4n) is 2.78. The molecule has 2 amide bonds. The van der Waals surface area contributed by atoms with Crippen LogP contribution in [-0.4, -0.2) is 17.6 Å². The lowest BCUT2D eigenvalue weighted by atomic mass is 9.67. The van der Waals surface area contributed by atoms with Gasteiger partial charge in [-0.25, -0.2) is 0 Å². The number of Topliss-reactive ketones (excluding diaryl/α,β-unsaturated/α-hetero) is 1. The maximum atomic E-state index is 12.1. The van der Waals surface area contributed by atoms with E-state index in [-0.39, 0.29) is 24.0 Å². The summed E-state index contributed by atoms with van der Waals surface area (Å²) in [6, 6.07) is 5.28. The molecule has 0 aromatic heterocycles. The third-order valence-corrected chi connectivity index (χ3v) is 3.68. The molecule has 0 bridgehead atoms. The number of nitrogens with one attached hydrogen (secondary N) is 1. The average Bonchev–Trinajstić information content (AvgIpc) is 2.31. The monoisotopic (exact) mass is 244 g/mol. The molecule has 1 aromatic rings. The van der Waals surface area contributed by atoms with Gasteiger partial charge in [0.25, 0.3) is 0 Å². The van der Waals surface area contributed by atoms with Gasteiger partial charge in [0.1, 0.15) is 0 Å². The quantitative estimate of drug-likeness (QED) is 0.559. The molecule has 1 heterocycles. The standard InChI is InChI=1S/C13H12N2O3/c14-8-3-1-2-6-10(12(17)11(6)8)7-4-5-9(16)15-13(7)18/h1-3,7,10H,4-5,14H2,(H,15,16,18). The zero-order valence-corrected chi connectivity index (χ0v) is 9.60. The largest absolute Gasteiger partial charge is 0.398 e. The maximum Gasteiger partial charge on any atom is 0.230 e. The van der Waals surface area contributed by atoms with E-state index in [1.165, 1.54) is 0 Å². The number of nitrogens with two attached hydrogens (primary N) is 1. The zero-order valence-electron chi connectivity index (χ0n) is 9.60. The van der Waals surface area contributed by atoms with Crippen molar-refractivity contribution in [1.82, 2.24) is 5.32 Å². The van der Waals surface area contributed by atoms with Crippen LogP contribution < -0.4 is 11.1 Å². The molecule has 1 aliphatic carbocycles. The van der Waals surface area contributed by atoms with E-state index < -0.39 is 11.8 Å². The Morgan fingerprint density at radius 1 is 1.22 bits per heavy atom. The van der Waals surface area contributed by atoms with Crippen LogP contribution in [0.5, 0.6) is 0 Å². The van der Waals surface area contributed by atoms with Crippen molar-refractivity contribution in [3.63, 3.8) is 0 Å². The third kappa shape index (κ3) is 1.37. The number of imide groups is 1. The second kappa shape index (κ2) is 3.66. The summed E-state index contributed by atoms with van der Waals surface area (Å²) in [5, 5.41) is 2.28. The summed E-state index contributed by atoms with van der Waals surface area (Å²) in [5.74, 6) is -1.58. The number of rotatable bonds is 1. The summed E-state index contributed by atoms with van der Waals surface area (Å²) >= 11 is 0. The Kier molecular flexibility index (Phi) is 2.23. The third-order valence-electron chi connectivity index (χ3n) is 3.68. The van der Waals surface area contributed by atoms with Crippen molar-refractivity contribution in [2.24, 2.45) is 5.92 Å². The second-order valence-corrected chi connectivity index (χ2v) is 4.71. The van der Waals surface area contributed by atoms with Crippen LogP contribution in [0.2, 0.25) is 0 Å². The molecule has 1 fully saturated rings. The molecule has 1 saturated heterocycles. The Balaban J connectivity index is 1.94. The Morgan fingerprint density at radius 3 is 2.72 bits per heavy atom. The first-order valence-corrected chi connectivity index (χ1v) is 5.86. The van der Waals surface area contributed by atoms with Gasteiger partial charge < -0.3 is 5.73 Å². The van der Waals surface area contributed by atoms with E-state index in [1.807, 2.05) is 6.07 Å². The van der Waals surface area contributed by atoms with E-state index in [0.717, 1.165) is 5.56 Å². The normalized spacial score (nSPS) is 26.3. The highest BCUT2D eigenvalue weighted by atomic mass is 16.2. The number of fused-ring (bicyclic) bond motifs is 1. The lowest BCUT2D eigenvalue weighted by Crippen LogP contribution is -2.47. The van der Waals surface area contributed by atoms with E-state index in [4.69, 9.17) is 5.73 Å². The van der Waals surface area contributed by atoms with Gasteiger partial charge in [-0.15, -0.1) is 0 Å². The number of benzene rings is 1. The summed E-state index contributed by atoms with van der Waals surface area (Å²) in [5.41, 5.74) is 7.56. The van der Waals surface area contributed by atoms with Gasteiger partial charge in [0.15, 0.2) is 5.78 Å². The summed E-state index contributed by atoms with van der Waals surface area (Å²) in [6.07, 6.45) is 0.715. The van der Waals surface area contributed by atoms with Crippen LogP contribution in [0.25, 0.3) is 0 Å². The predicted molar refractivity (Wildman–Crippen MR) is 63.8 cm³/mol. The number of hydrogen-bond acceptors (Lipinski definition) is 4. The van der Waals surface area contributed by atoms with Gasteiger partial charge in [-0.05, 0) is 18.1 Å². The minimum atomic E-state index is -0.440. The lowest BCUT2D eigenvalue weighted by molar-refractivity contribution is -0.136. The Bertz CT molecular complexity index is 580. The highest BCUT2D eigenvalue weighted by Gasteiger charge is 2.46. The maximum absolute atomic E-state index is 12.1. The Labute approximate surface area is 103 Å². The average molecular weight is 244 g/mol. The van der Waals surface area contributed by atoms with Crippen molar-refractivity contribution in [2.45, 2.75) is 18.8 Å². The highest BCUT2D eigenvalue weighted by molar-refractivity contribution is 6.16. The molecule has 3 N–H and O–H groups in total. The smallest absolute Gasteiger partial charge is 0.230 e. The molecule has 0 radical (unpaired) electrons. The second-order valence-electron chi connectivity index (χ2n) is 4.71. The first-order chi connectivity index (χ1) is 8.59. The van der Waals surface area contributed by atoms with Gasteiger partial charge in [0, 0.05) is 17.7 Å². The number of amides is 2. The van der Waals surface area contributed by atoms with E-state index in [2.05, 4.69) is 5.32 Å². The lowest BCUT2D eigenvalue weighted by Gasteiger charge is -2.36. The van der Waals surface area contributed by atoms with E-state index in [9.17, 15) is 14.4 Å². The number of nitrogen functional groups attached to an aromatic ring is 1. The summed E-state index contributed by atoms with van der Waals surface area (Å²) in [4.78, 5) is 34.9. The highest BCUT2D eigenvalue weighted by Crippen LogP contribution is 2.45. The van der Waals surface area contributed by atoms with Crippen molar-refractivity contribution >= 4 is 23.3 Å². The van der Waals surface area contributed by atoms with Gasteiger partial charge in [0.2, 0.25) is 11.8 Å². The van der Waals surface area contributed by atoms with Gasteiger partial charge in [-0.1, -0.05) is 12.1 Å². The molecule has 2 unspecified atom stereocenters. The summed E-state index contributed by atoms with van der Waals surface area (Å²) in [6.45, 7) is 0. The van der Waals surface area contributed by atoms with Crippen molar-refractivity contribution in [3.05, 3.63) is 29.3 Å². The number of hydrogen-bond donors (Lipinski definition) is 2. The zero-order chi connectivity index (χ0) is 12.9. The molecule has 0 saturated carbocycles. The molecule has 2 aliphatic rings. The van der Waals surface area contributed by atoms with Crippen LogP contribution in [0.15, 0.2) is 18.2 Å². The van der Waals surface area contributed by atoms with E-state index in [1.54, 1.807) is 12.1 Å². The van der Waals surface area contributed by atoms with Crippen molar-refractivity contribution in [2.75, 3.05) is 5.73 Å². The van der Waals surface area contributed by atoms with Crippen LogP contribution in [0, 0.1) is 5.92 Å². The first-order valence-electron chi connectivity index (χ1n) is 5.86. The van der Waals surface area contributed by atoms with Crippen molar-refractivity contribution in [1.29, 1.82) is 0 Å². The number of ketones is 1. The molecule has 3 rings (SSSR count). The van der Waals surface area contributed by atoms with Gasteiger partial charge in [0.05, 0.1) is 11.8 Å². The first kappa shape index (κ1) is 11.0. The summed E-state index contributed by atoms with van der Waals surface area (Å²) < 4.78 is 0. The Hall–Kier alpha value is -2.17. The van der Waals surface area contributed by atoms with Crippen LogP contribution in [0.4, 0.5) is 5.69 Å². The topological polar surface area (TPSA) is 89.3 Å². The van der Waals surface area contributed by atoms with Gasteiger partial charge >= 0.3 is 0 Å². The van der Waals surface area contributed by atoms with Crippen LogP contribution in [-0.2, 0) is 9.59 Å². The van der Waals surface area contributed by atoms with Crippen LogP contribution in [0.3, 0.4) is 0 Å². The summed E-state index contributed by atoms with van der Waals surface area (Å²) in [7, 11) is 0. The molecular weight excluding hydrogens is 232 g/mol. The number of carbonyl (C=O) groups excluding carboxylic acids is 3. The van der Waals surface area contributed by atoms with E-state index >= 15 is 0 Å². The molecule has 5 heteroatoms. The van der Waals surface area contributed by atoms with Crippen LogP contribution >= 0.6 is 0 Å². The molecule has 18 heavy (non-hydrogen) atoms. The molecule has 1 aromatic carbocycles.